The van der Waals surface area contributed by atoms with Gasteiger partial charge in [-0.3, -0.25) is 38.4 Å². The minimum atomic E-state index is -1.16. The van der Waals surface area contributed by atoms with Crippen molar-refractivity contribution < 1.29 is 57.7 Å². The highest BCUT2D eigenvalue weighted by Gasteiger charge is 2.62. The third kappa shape index (κ3) is 16.1. The second-order valence-electron chi connectivity index (χ2n) is 28.1. The molecule has 4 aromatic carbocycles. The second-order valence-corrected chi connectivity index (χ2v) is 30.7. The number of hydrogen-bond donors (Lipinski definition) is 1. The van der Waals surface area contributed by atoms with Crippen LogP contribution in [0.1, 0.15) is 141 Å². The highest BCUT2D eigenvalue weighted by Crippen LogP contribution is 2.58. The van der Waals surface area contributed by atoms with Crippen molar-refractivity contribution in [1.82, 2.24) is 9.80 Å². The number of carboxylic acids is 1. The maximum atomic E-state index is 14.4. The normalized spacial score (nSPS) is 24.4. The van der Waals surface area contributed by atoms with Gasteiger partial charge in [-0.1, -0.05) is 126 Å². The molecule has 0 aromatic heterocycles. The highest BCUT2D eigenvalue weighted by atomic mass is 32.2. The van der Waals surface area contributed by atoms with Gasteiger partial charge in [0.2, 0.25) is 11.8 Å². The molecule has 4 fully saturated rings. The molecule has 8 rings (SSSR count). The summed E-state index contributed by atoms with van der Waals surface area (Å²) in [4.78, 5) is 113. The Hall–Kier alpha value is -6.26. The van der Waals surface area contributed by atoms with E-state index in [1.807, 2.05) is 84.0 Å². The molecule has 0 bridgehead atoms. The maximum Gasteiger partial charge on any atom is 0.313 e. The van der Waals surface area contributed by atoms with Gasteiger partial charge in [-0.05, 0) is 130 Å². The lowest BCUT2D eigenvalue weighted by atomic mass is 9.77. The fraction of sp³-hybridized carbons (Fsp3) is 0.543. The number of esters is 3. The van der Waals surface area contributed by atoms with Gasteiger partial charge in [0.1, 0.15) is 11.2 Å². The molecule has 2 heterocycles. The number of hydrogen-bond acceptors (Lipinski definition) is 13. The van der Waals surface area contributed by atoms with Gasteiger partial charge >= 0.3 is 23.9 Å². The van der Waals surface area contributed by atoms with Crippen LogP contribution in [0.2, 0.25) is 0 Å². The molecule has 2 amide bonds. The van der Waals surface area contributed by atoms with Crippen LogP contribution in [0.4, 0.5) is 0 Å². The van der Waals surface area contributed by atoms with E-state index in [0.29, 0.717) is 38.8 Å². The molecule has 2 aliphatic heterocycles. The minimum absolute atomic E-state index is 0.00509. The van der Waals surface area contributed by atoms with Crippen molar-refractivity contribution in [3.05, 3.63) is 110 Å². The first-order valence-corrected chi connectivity index (χ1v) is 32.0. The average Bonchev–Trinajstić information content (AvgIpc) is 1.63. The average molecular weight is 1220 g/mol. The van der Waals surface area contributed by atoms with E-state index in [-0.39, 0.29) is 84.0 Å². The summed E-state index contributed by atoms with van der Waals surface area (Å²) in [5.74, 6) is -4.98. The van der Waals surface area contributed by atoms with Gasteiger partial charge in [-0.2, -0.15) is 0 Å². The predicted molar refractivity (Wildman–Crippen MR) is 339 cm³/mol. The van der Waals surface area contributed by atoms with E-state index in [2.05, 4.69) is 55.6 Å². The Labute approximate surface area is 517 Å². The summed E-state index contributed by atoms with van der Waals surface area (Å²) >= 11 is 3.31. The van der Waals surface area contributed by atoms with E-state index in [1.165, 1.54) is 0 Å². The summed E-state index contributed by atoms with van der Waals surface area (Å²) in [6, 6.07) is 27.1. The first kappa shape index (κ1) is 67.3. The van der Waals surface area contributed by atoms with E-state index in [4.69, 9.17) is 14.2 Å². The molecule has 2 saturated carbocycles. The number of fused-ring (bicyclic) bond motifs is 2. The van der Waals surface area contributed by atoms with Crippen LogP contribution in [-0.2, 0) is 52.6 Å². The number of rotatable bonds is 21. The number of ether oxygens (including phenoxy) is 3. The molecule has 16 heteroatoms. The van der Waals surface area contributed by atoms with Gasteiger partial charge in [0, 0.05) is 46.2 Å². The van der Waals surface area contributed by atoms with Gasteiger partial charge in [-0.15, -0.1) is 36.7 Å². The van der Waals surface area contributed by atoms with Crippen LogP contribution in [0.15, 0.2) is 120 Å². The number of amides is 2. The number of thioether (sulfide) groups is 2. The third-order valence-electron chi connectivity index (χ3n) is 17.1. The van der Waals surface area contributed by atoms with Gasteiger partial charge in [0.05, 0.1) is 54.2 Å². The molecule has 1 N–H and O–H groups in total. The molecule has 10 atom stereocenters. The number of carboxylic acid groups (broad SMARTS) is 1. The number of Topliss-reactive ketones (excluding diaryl/α,β-unsaturated/α-hetero) is 2. The van der Waals surface area contributed by atoms with Crippen LogP contribution in [0.25, 0.3) is 21.5 Å². The van der Waals surface area contributed by atoms with E-state index in [0.717, 1.165) is 31.3 Å². The lowest BCUT2D eigenvalue weighted by Crippen LogP contribution is -2.48. The van der Waals surface area contributed by atoms with E-state index in [9.17, 15) is 43.5 Å². The number of aliphatic carboxylic acids is 1. The van der Waals surface area contributed by atoms with Crippen LogP contribution in [0.3, 0.4) is 0 Å². The monoisotopic (exact) mass is 1210 g/mol. The van der Waals surface area contributed by atoms with Crippen LogP contribution in [0, 0.1) is 45.3 Å². The molecule has 2 aliphatic carbocycles. The zero-order chi connectivity index (χ0) is 63.5. The Morgan fingerprint density at radius 3 is 1.30 bits per heavy atom. The molecule has 14 nitrogen and oxygen atoms in total. The Morgan fingerprint density at radius 2 is 0.953 bits per heavy atom. The lowest BCUT2D eigenvalue weighted by Gasteiger charge is -2.35. The van der Waals surface area contributed by atoms with Crippen LogP contribution in [-0.4, -0.2) is 116 Å². The summed E-state index contributed by atoms with van der Waals surface area (Å²) in [7, 11) is 0. The van der Waals surface area contributed by atoms with Crippen molar-refractivity contribution in [2.24, 2.45) is 45.3 Å². The second kappa shape index (κ2) is 26.6. The first-order valence-electron chi connectivity index (χ1n) is 30.2. The summed E-state index contributed by atoms with van der Waals surface area (Å²) in [5, 5.41) is 14.3. The van der Waals surface area contributed by atoms with Gasteiger partial charge in [-0.25, -0.2) is 0 Å². The van der Waals surface area contributed by atoms with Crippen molar-refractivity contribution in [3.8, 4) is 0 Å². The molecule has 0 spiro atoms. The number of allylic oxidation sites excluding steroid dienone is 2. The Kier molecular flexibility index (Phi) is 20.8. The highest BCUT2D eigenvalue weighted by molar-refractivity contribution is 8.00. The fourth-order valence-corrected chi connectivity index (χ4v) is 15.0. The molecule has 4 unspecified atom stereocenters. The van der Waals surface area contributed by atoms with Crippen molar-refractivity contribution in [2.75, 3.05) is 19.7 Å². The number of benzene rings is 4. The molecule has 4 aromatic rings. The van der Waals surface area contributed by atoms with Crippen LogP contribution >= 0.6 is 23.5 Å². The Morgan fingerprint density at radius 1 is 0.581 bits per heavy atom. The predicted octanol–water partition coefficient (Wildman–Crippen LogP) is 13.5. The van der Waals surface area contributed by atoms with Gasteiger partial charge < -0.3 is 29.1 Å². The van der Waals surface area contributed by atoms with Crippen LogP contribution < -0.4 is 0 Å². The molecule has 0 radical (unpaired) electrons. The molecule has 464 valence electrons. The lowest BCUT2D eigenvalue weighted by molar-refractivity contribution is -0.161. The fourth-order valence-electron chi connectivity index (χ4n) is 12.3. The smallest absolute Gasteiger partial charge is 0.313 e. The third-order valence-corrected chi connectivity index (χ3v) is 19.7. The number of carbonyl (C=O) groups is 8. The Balaban J connectivity index is 0.000000246. The SMILES string of the molecule is C=CC1CC1(CC(=O)[C@@H]1C[C@@H](Sc2cccc3ccccc23)CN1C(=O)[C@@H](CC(=O)OC(C)(C)C)C(C)(C)C)C(=O)O.C=CC1CC1(CC(=O)[C@@H]1C[C@@H](Sc2cccc3ccccc23)CN1C(=O)[C@@H](CC(=O)OC(C)(C)C)C(C)(C)C)C(=O)OCC. The van der Waals surface area contributed by atoms with Crippen molar-refractivity contribution in [1.29, 1.82) is 0 Å². The quantitative estimate of drug-likeness (QED) is 0.0471. The van der Waals surface area contributed by atoms with Gasteiger partial charge in [0.25, 0.3) is 0 Å². The zero-order valence-corrected chi connectivity index (χ0v) is 54.3. The van der Waals surface area contributed by atoms with Crippen LogP contribution in [0.5, 0.6) is 0 Å². The van der Waals surface area contributed by atoms with E-state index in [1.54, 1.807) is 93.9 Å². The van der Waals surface area contributed by atoms with Crippen molar-refractivity contribution in [3.63, 3.8) is 0 Å². The number of carbonyl (C=O) groups excluding carboxylic acids is 7. The topological polar surface area (TPSA) is 191 Å². The molecule has 86 heavy (non-hydrogen) atoms. The zero-order valence-electron chi connectivity index (χ0n) is 52.7. The Bertz CT molecular complexity index is 3230. The standard InChI is InChI=1S/C36H47NO6S.C34H43NO6S/c1-9-24-20-36(24,33(41)42-10-2)21-29(38)28-18-25(44-30-17-13-15-23-14-11-12-16-26(23)30)22-37(28)32(40)27(34(3,4)5)19-31(39)43-35(6,7)8;1-8-22-18-34(22,31(39)40)19-27(36)26-16-23(42-28-15-11-13-21-12-9-10-14-24(21)28)20-35(26)30(38)25(32(2,3)4)17-29(37)41-33(5,6)7/h9,11-17,24-25,27-28H,1,10,18-22H2,2-8H3;8-15,22-23,25-26H,1,16-20H2,2-7H3,(H,39,40)/t24?,25-,27-,28+,36?;22?,23-,25-,26+,34?/m11/s1. The van der Waals surface area contributed by atoms with Gasteiger partial charge in [0.15, 0.2) is 11.6 Å². The summed E-state index contributed by atoms with van der Waals surface area (Å²) in [6.45, 7) is 32.6. The van der Waals surface area contributed by atoms with Crippen molar-refractivity contribution in [2.45, 2.75) is 185 Å². The number of ketones is 2. The molecular weight excluding hydrogens is 1120 g/mol. The number of likely N-dealkylation sites (tertiary alicyclic amines) is 2. The van der Waals surface area contributed by atoms with E-state index < -0.39 is 74.7 Å². The summed E-state index contributed by atoms with van der Waals surface area (Å²) in [6.07, 6.45) is 4.75. The van der Waals surface area contributed by atoms with Crippen molar-refractivity contribution >= 4 is 92.3 Å². The molecule has 4 aliphatic rings. The van der Waals surface area contributed by atoms with E-state index >= 15 is 0 Å². The minimum Gasteiger partial charge on any atom is -0.481 e. The first-order chi connectivity index (χ1) is 40.1. The summed E-state index contributed by atoms with van der Waals surface area (Å²) < 4.78 is 16.5. The number of nitrogens with zero attached hydrogens (tertiary/aromatic N) is 2. The largest absolute Gasteiger partial charge is 0.481 e. The summed E-state index contributed by atoms with van der Waals surface area (Å²) in [5.41, 5.74) is -4.58. The molecular formula is C70H90N2O12S2. The maximum absolute atomic E-state index is 14.4. The molecule has 2 saturated heterocycles.